The first kappa shape index (κ1) is 23.9. The third-order valence-electron chi connectivity index (χ3n) is 6.55. The fourth-order valence-electron chi connectivity index (χ4n) is 5.67. The predicted molar refractivity (Wildman–Crippen MR) is 120 cm³/mol. The van der Waals surface area contributed by atoms with Crippen LogP contribution >= 0.6 is 0 Å². The third-order valence-corrected chi connectivity index (χ3v) is 6.55. The van der Waals surface area contributed by atoms with E-state index in [-0.39, 0.29) is 11.9 Å². The van der Waals surface area contributed by atoms with E-state index in [1.807, 2.05) is 0 Å². The SMILES string of the molecule is C=C(C)CN(CCC)CCC1COC2(CCC(C(C)(C)CC(C)(C)C)CC2)O1. The Morgan fingerprint density at radius 2 is 1.75 bits per heavy atom. The molecule has 2 fully saturated rings. The van der Waals surface area contributed by atoms with Crippen molar-refractivity contribution in [2.45, 2.75) is 105 Å². The lowest BCUT2D eigenvalue weighted by molar-refractivity contribution is -0.198. The molecular formula is C25H47NO2. The van der Waals surface area contributed by atoms with Gasteiger partial charge >= 0.3 is 0 Å². The van der Waals surface area contributed by atoms with Gasteiger partial charge in [0.15, 0.2) is 5.79 Å². The quantitative estimate of drug-likeness (QED) is 0.421. The maximum absolute atomic E-state index is 6.51. The van der Waals surface area contributed by atoms with Gasteiger partial charge in [0, 0.05) is 25.9 Å². The standard InChI is InChI=1S/C25H47NO2/c1-9-15-26(17-20(2)3)16-12-22-18-27-25(28-22)13-10-21(11-14-25)24(7,8)19-23(4,5)6/h21-22H,2,9-19H2,1,3-8H3. The highest BCUT2D eigenvalue weighted by molar-refractivity contribution is 4.93. The van der Waals surface area contributed by atoms with Crippen LogP contribution in [0.4, 0.5) is 0 Å². The fraction of sp³-hybridized carbons (Fsp3) is 0.920. The summed E-state index contributed by atoms with van der Waals surface area (Å²) in [6, 6.07) is 0. The summed E-state index contributed by atoms with van der Waals surface area (Å²) in [6.45, 7) is 24.4. The van der Waals surface area contributed by atoms with Crippen molar-refractivity contribution in [1.82, 2.24) is 4.90 Å². The van der Waals surface area contributed by atoms with Crippen molar-refractivity contribution in [2.75, 3.05) is 26.2 Å². The Morgan fingerprint density at radius 3 is 2.29 bits per heavy atom. The molecule has 0 N–H and O–H groups in total. The molecule has 0 bridgehead atoms. The van der Waals surface area contributed by atoms with Crippen molar-refractivity contribution < 1.29 is 9.47 Å². The van der Waals surface area contributed by atoms with Crippen LogP contribution in [0.1, 0.15) is 93.4 Å². The molecule has 2 rings (SSSR count). The number of nitrogens with zero attached hydrogens (tertiary/aromatic N) is 1. The molecule has 1 saturated carbocycles. The van der Waals surface area contributed by atoms with Gasteiger partial charge in [0.25, 0.3) is 0 Å². The lowest BCUT2D eigenvalue weighted by Gasteiger charge is -2.45. The highest BCUT2D eigenvalue weighted by Crippen LogP contribution is 2.49. The van der Waals surface area contributed by atoms with Crippen LogP contribution in [0.3, 0.4) is 0 Å². The molecule has 1 heterocycles. The summed E-state index contributed by atoms with van der Waals surface area (Å²) in [4.78, 5) is 2.50. The van der Waals surface area contributed by atoms with Crippen LogP contribution in [0.25, 0.3) is 0 Å². The average molecular weight is 394 g/mol. The maximum Gasteiger partial charge on any atom is 0.168 e. The second-order valence-electron chi connectivity index (χ2n) is 11.5. The van der Waals surface area contributed by atoms with Crippen LogP contribution in [0.2, 0.25) is 0 Å². The van der Waals surface area contributed by atoms with E-state index in [0.29, 0.717) is 10.8 Å². The zero-order valence-corrected chi connectivity index (χ0v) is 19.9. The summed E-state index contributed by atoms with van der Waals surface area (Å²) >= 11 is 0. The second-order valence-corrected chi connectivity index (χ2v) is 11.5. The Balaban J connectivity index is 1.81. The molecule has 0 radical (unpaired) electrons. The summed E-state index contributed by atoms with van der Waals surface area (Å²) in [7, 11) is 0. The summed E-state index contributed by atoms with van der Waals surface area (Å²) in [5, 5.41) is 0. The Labute approximate surface area is 175 Å². The van der Waals surface area contributed by atoms with Gasteiger partial charge in [-0.2, -0.15) is 0 Å². The first-order chi connectivity index (χ1) is 12.9. The monoisotopic (exact) mass is 393 g/mol. The minimum absolute atomic E-state index is 0.253. The lowest BCUT2D eigenvalue weighted by atomic mass is 9.64. The zero-order chi connectivity index (χ0) is 21.0. The van der Waals surface area contributed by atoms with Crippen molar-refractivity contribution in [3.05, 3.63) is 12.2 Å². The van der Waals surface area contributed by atoms with E-state index in [0.717, 1.165) is 51.4 Å². The van der Waals surface area contributed by atoms with E-state index >= 15 is 0 Å². The van der Waals surface area contributed by atoms with Gasteiger partial charge in [-0.1, -0.05) is 53.7 Å². The normalized spacial score (nSPS) is 29.0. The Hall–Kier alpha value is -0.380. The molecule has 0 aromatic rings. The molecule has 0 aromatic heterocycles. The van der Waals surface area contributed by atoms with Gasteiger partial charge in [0.1, 0.15) is 0 Å². The molecule has 3 nitrogen and oxygen atoms in total. The highest BCUT2D eigenvalue weighted by atomic mass is 16.7. The molecule has 1 aliphatic heterocycles. The molecule has 1 unspecified atom stereocenters. The van der Waals surface area contributed by atoms with Gasteiger partial charge in [-0.25, -0.2) is 0 Å². The van der Waals surface area contributed by atoms with E-state index in [1.54, 1.807) is 0 Å². The van der Waals surface area contributed by atoms with Crippen molar-refractivity contribution in [2.24, 2.45) is 16.7 Å². The molecule has 1 aliphatic carbocycles. The lowest BCUT2D eigenvalue weighted by Crippen LogP contribution is -2.40. The van der Waals surface area contributed by atoms with Crippen molar-refractivity contribution in [3.63, 3.8) is 0 Å². The minimum atomic E-state index is -0.289. The van der Waals surface area contributed by atoms with Crippen molar-refractivity contribution in [3.8, 4) is 0 Å². The molecule has 1 saturated heterocycles. The van der Waals surface area contributed by atoms with Crippen LogP contribution in [0, 0.1) is 16.7 Å². The molecule has 2 aliphatic rings. The summed E-state index contributed by atoms with van der Waals surface area (Å²) in [5.41, 5.74) is 2.02. The van der Waals surface area contributed by atoms with Gasteiger partial charge in [-0.05, 0) is 62.3 Å². The first-order valence-corrected chi connectivity index (χ1v) is 11.6. The fourth-order valence-corrected chi connectivity index (χ4v) is 5.67. The molecular weight excluding hydrogens is 346 g/mol. The number of ether oxygens (including phenoxy) is 2. The molecule has 1 atom stereocenters. The molecule has 1 spiro atoms. The number of hydrogen-bond acceptors (Lipinski definition) is 3. The third kappa shape index (κ3) is 7.15. The highest BCUT2D eigenvalue weighted by Gasteiger charge is 2.47. The van der Waals surface area contributed by atoms with E-state index in [4.69, 9.17) is 9.47 Å². The molecule has 28 heavy (non-hydrogen) atoms. The molecule has 3 heteroatoms. The largest absolute Gasteiger partial charge is 0.347 e. The van der Waals surface area contributed by atoms with E-state index < -0.39 is 0 Å². The van der Waals surface area contributed by atoms with Gasteiger partial charge < -0.3 is 9.47 Å². The summed E-state index contributed by atoms with van der Waals surface area (Å²) in [5.74, 6) is 0.488. The van der Waals surface area contributed by atoms with Crippen LogP contribution in [0.5, 0.6) is 0 Å². The first-order valence-electron chi connectivity index (χ1n) is 11.6. The van der Waals surface area contributed by atoms with E-state index in [1.165, 1.54) is 31.3 Å². The Morgan fingerprint density at radius 1 is 1.11 bits per heavy atom. The van der Waals surface area contributed by atoms with Crippen molar-refractivity contribution in [1.29, 1.82) is 0 Å². The van der Waals surface area contributed by atoms with Gasteiger partial charge in [-0.15, -0.1) is 0 Å². The van der Waals surface area contributed by atoms with Crippen LogP contribution in [-0.4, -0.2) is 43.0 Å². The summed E-state index contributed by atoms with van der Waals surface area (Å²) < 4.78 is 12.8. The van der Waals surface area contributed by atoms with Gasteiger partial charge in [-0.3, -0.25) is 4.90 Å². The molecule has 0 amide bonds. The minimum Gasteiger partial charge on any atom is -0.347 e. The van der Waals surface area contributed by atoms with Crippen LogP contribution in [0.15, 0.2) is 12.2 Å². The predicted octanol–water partition coefficient (Wildman–Crippen LogP) is 6.43. The van der Waals surface area contributed by atoms with Crippen molar-refractivity contribution >= 4 is 0 Å². The smallest absolute Gasteiger partial charge is 0.168 e. The van der Waals surface area contributed by atoms with E-state index in [2.05, 4.69) is 59.9 Å². The Bertz CT molecular complexity index is 497. The van der Waals surface area contributed by atoms with Gasteiger partial charge in [0.2, 0.25) is 0 Å². The van der Waals surface area contributed by atoms with Crippen LogP contribution in [-0.2, 0) is 9.47 Å². The zero-order valence-electron chi connectivity index (χ0n) is 19.9. The van der Waals surface area contributed by atoms with Crippen LogP contribution < -0.4 is 0 Å². The maximum atomic E-state index is 6.51. The van der Waals surface area contributed by atoms with Gasteiger partial charge in [0.05, 0.1) is 12.7 Å². The number of rotatable bonds is 9. The topological polar surface area (TPSA) is 21.7 Å². The molecule has 0 aromatic carbocycles. The Kier molecular flexibility index (Phi) is 8.21. The summed E-state index contributed by atoms with van der Waals surface area (Å²) in [6.07, 6.45) is 8.36. The second kappa shape index (κ2) is 9.62. The average Bonchev–Trinajstić information content (AvgIpc) is 2.93. The molecule has 164 valence electrons. The van der Waals surface area contributed by atoms with E-state index in [9.17, 15) is 0 Å². The number of hydrogen-bond donors (Lipinski definition) is 0.